The molecule has 1 aliphatic rings. The first kappa shape index (κ1) is 15.9. The van der Waals surface area contributed by atoms with Crippen LogP contribution in [0.25, 0.3) is 0 Å². The van der Waals surface area contributed by atoms with Gasteiger partial charge in [0, 0.05) is 31.2 Å². The molecule has 116 valence electrons. The Kier molecular flexibility index (Phi) is 5.31. The Hall–Kier alpha value is -1.46. The van der Waals surface area contributed by atoms with E-state index in [0.717, 1.165) is 6.54 Å². The molecule has 0 spiro atoms. The molecule has 1 atom stereocenters. The van der Waals surface area contributed by atoms with Crippen molar-refractivity contribution in [1.29, 1.82) is 0 Å². The highest BCUT2D eigenvalue weighted by molar-refractivity contribution is 6.32. The molecule has 5 nitrogen and oxygen atoms in total. The van der Waals surface area contributed by atoms with Crippen LogP contribution in [0.15, 0.2) is 12.1 Å². The summed E-state index contributed by atoms with van der Waals surface area (Å²) >= 11 is 6.22. The van der Waals surface area contributed by atoms with Gasteiger partial charge in [-0.1, -0.05) is 11.6 Å². The summed E-state index contributed by atoms with van der Waals surface area (Å²) < 4.78 is 10.7. The van der Waals surface area contributed by atoms with Gasteiger partial charge >= 0.3 is 0 Å². The molecule has 1 aliphatic heterocycles. The van der Waals surface area contributed by atoms with Crippen LogP contribution >= 0.6 is 11.6 Å². The summed E-state index contributed by atoms with van der Waals surface area (Å²) in [5.74, 6) is 0.925. The molecule has 2 rings (SSSR count). The normalized spacial score (nSPS) is 18.5. The number of nitrogens with one attached hydrogen (secondary N) is 1. The van der Waals surface area contributed by atoms with Crippen LogP contribution in [0.2, 0.25) is 5.02 Å². The van der Waals surface area contributed by atoms with Gasteiger partial charge in [0.15, 0.2) is 11.5 Å². The van der Waals surface area contributed by atoms with Gasteiger partial charge < -0.3 is 19.7 Å². The molecule has 1 heterocycles. The van der Waals surface area contributed by atoms with E-state index >= 15 is 0 Å². The molecular formula is C15H21ClN2O3. The van der Waals surface area contributed by atoms with Crippen LogP contribution in [-0.4, -0.2) is 50.2 Å². The number of nitrogens with zero attached hydrogens (tertiary/aromatic N) is 1. The predicted octanol–water partition coefficient (Wildman–Crippen LogP) is 2.18. The van der Waals surface area contributed by atoms with Crippen LogP contribution in [0.4, 0.5) is 0 Å². The third-order valence-electron chi connectivity index (χ3n) is 3.42. The van der Waals surface area contributed by atoms with Gasteiger partial charge in [-0.25, -0.2) is 0 Å². The van der Waals surface area contributed by atoms with Crippen molar-refractivity contribution in [2.75, 3.05) is 33.4 Å². The van der Waals surface area contributed by atoms with Crippen molar-refractivity contribution in [2.45, 2.75) is 19.9 Å². The lowest BCUT2D eigenvalue weighted by Crippen LogP contribution is -2.51. The molecule has 1 N–H and O–H groups in total. The van der Waals surface area contributed by atoms with E-state index < -0.39 is 0 Å². The molecule has 0 aromatic heterocycles. The lowest BCUT2D eigenvalue weighted by molar-refractivity contribution is 0.0708. The van der Waals surface area contributed by atoms with E-state index in [4.69, 9.17) is 21.1 Å². The second kappa shape index (κ2) is 7.00. The van der Waals surface area contributed by atoms with Gasteiger partial charge in [-0.3, -0.25) is 4.79 Å². The highest BCUT2D eigenvalue weighted by Crippen LogP contribution is 2.36. The summed E-state index contributed by atoms with van der Waals surface area (Å²) in [4.78, 5) is 14.4. The number of methoxy groups -OCH3 is 1. The average Bonchev–Trinajstić information content (AvgIpc) is 2.48. The predicted molar refractivity (Wildman–Crippen MR) is 82.5 cm³/mol. The molecule has 0 aliphatic carbocycles. The maximum Gasteiger partial charge on any atom is 0.254 e. The van der Waals surface area contributed by atoms with E-state index in [9.17, 15) is 4.79 Å². The summed E-state index contributed by atoms with van der Waals surface area (Å²) in [6, 6.07) is 3.62. The zero-order chi connectivity index (χ0) is 15.4. The Bertz CT molecular complexity index is 522. The summed E-state index contributed by atoms with van der Waals surface area (Å²) in [6.07, 6.45) is 0. The number of carbonyl (C=O) groups excluding carboxylic acids is 1. The lowest BCUT2D eigenvalue weighted by atomic mass is 10.1. The third-order valence-corrected chi connectivity index (χ3v) is 3.70. The number of ether oxygens (including phenoxy) is 2. The Balaban J connectivity index is 2.27. The highest BCUT2D eigenvalue weighted by atomic mass is 35.5. The topological polar surface area (TPSA) is 50.8 Å². The molecule has 1 aromatic carbocycles. The highest BCUT2D eigenvalue weighted by Gasteiger charge is 2.23. The monoisotopic (exact) mass is 312 g/mol. The van der Waals surface area contributed by atoms with Crippen molar-refractivity contribution in [3.63, 3.8) is 0 Å². The maximum atomic E-state index is 12.6. The van der Waals surface area contributed by atoms with Crippen molar-refractivity contribution in [1.82, 2.24) is 10.2 Å². The lowest BCUT2D eigenvalue weighted by Gasteiger charge is -2.32. The molecule has 1 saturated heterocycles. The van der Waals surface area contributed by atoms with Gasteiger partial charge in [0.1, 0.15) is 0 Å². The van der Waals surface area contributed by atoms with E-state index in [1.807, 2.05) is 11.8 Å². The molecule has 21 heavy (non-hydrogen) atoms. The van der Waals surface area contributed by atoms with Crippen LogP contribution in [-0.2, 0) is 0 Å². The zero-order valence-corrected chi connectivity index (χ0v) is 13.4. The van der Waals surface area contributed by atoms with Crippen LogP contribution in [0.3, 0.4) is 0 Å². The van der Waals surface area contributed by atoms with E-state index in [2.05, 4.69) is 12.2 Å². The Morgan fingerprint density at radius 1 is 1.52 bits per heavy atom. The number of halogens is 1. The molecule has 6 heteroatoms. The zero-order valence-electron chi connectivity index (χ0n) is 12.6. The van der Waals surface area contributed by atoms with Gasteiger partial charge in [-0.2, -0.15) is 0 Å². The molecule has 1 fully saturated rings. The van der Waals surface area contributed by atoms with E-state index in [-0.39, 0.29) is 5.91 Å². The van der Waals surface area contributed by atoms with Gasteiger partial charge in [-0.15, -0.1) is 0 Å². The summed E-state index contributed by atoms with van der Waals surface area (Å²) in [6.45, 7) is 6.60. The molecule has 1 aromatic rings. The summed E-state index contributed by atoms with van der Waals surface area (Å²) in [7, 11) is 1.54. The number of carbonyl (C=O) groups is 1. The van der Waals surface area contributed by atoms with E-state index in [0.29, 0.717) is 47.8 Å². The third kappa shape index (κ3) is 3.60. The fraction of sp³-hybridized carbons (Fsp3) is 0.533. The Morgan fingerprint density at radius 3 is 2.90 bits per heavy atom. The first-order valence-corrected chi connectivity index (χ1v) is 7.47. The fourth-order valence-electron chi connectivity index (χ4n) is 2.43. The van der Waals surface area contributed by atoms with Gasteiger partial charge in [-0.05, 0) is 26.0 Å². The van der Waals surface area contributed by atoms with Crippen molar-refractivity contribution < 1.29 is 14.3 Å². The molecule has 1 amide bonds. The minimum Gasteiger partial charge on any atom is -0.493 e. The van der Waals surface area contributed by atoms with Crippen molar-refractivity contribution in [2.24, 2.45) is 0 Å². The minimum atomic E-state index is -0.0356. The number of hydrogen-bond acceptors (Lipinski definition) is 4. The number of amides is 1. The number of piperazine rings is 1. The maximum absolute atomic E-state index is 12.6. The quantitative estimate of drug-likeness (QED) is 0.926. The van der Waals surface area contributed by atoms with Crippen molar-refractivity contribution in [3.05, 3.63) is 22.7 Å². The number of hydrogen-bond donors (Lipinski definition) is 1. The summed E-state index contributed by atoms with van der Waals surface area (Å²) in [5.41, 5.74) is 0.523. The SMILES string of the molecule is CCOc1c(Cl)cc(C(=O)N2CCN[C@H](C)C2)cc1OC. The van der Waals surface area contributed by atoms with Crippen LogP contribution < -0.4 is 14.8 Å². The van der Waals surface area contributed by atoms with E-state index in [1.54, 1.807) is 12.1 Å². The molecule has 0 bridgehead atoms. The van der Waals surface area contributed by atoms with Crippen LogP contribution in [0.5, 0.6) is 11.5 Å². The average molecular weight is 313 g/mol. The number of rotatable bonds is 4. The van der Waals surface area contributed by atoms with Crippen LogP contribution in [0.1, 0.15) is 24.2 Å². The largest absolute Gasteiger partial charge is 0.493 e. The number of benzene rings is 1. The summed E-state index contributed by atoms with van der Waals surface area (Å²) in [5, 5.41) is 3.70. The Morgan fingerprint density at radius 2 is 2.29 bits per heavy atom. The van der Waals surface area contributed by atoms with Gasteiger partial charge in [0.2, 0.25) is 0 Å². The first-order valence-electron chi connectivity index (χ1n) is 7.09. The molecule has 0 radical (unpaired) electrons. The second-order valence-corrected chi connectivity index (χ2v) is 5.44. The van der Waals surface area contributed by atoms with Crippen LogP contribution in [0, 0.1) is 0 Å². The van der Waals surface area contributed by atoms with Crippen molar-refractivity contribution >= 4 is 17.5 Å². The molecule has 0 unspecified atom stereocenters. The van der Waals surface area contributed by atoms with Crippen molar-refractivity contribution in [3.8, 4) is 11.5 Å². The van der Waals surface area contributed by atoms with Gasteiger partial charge in [0.25, 0.3) is 5.91 Å². The standard InChI is InChI=1S/C15H21ClN2O3/c1-4-21-14-12(16)7-11(8-13(14)20-3)15(19)18-6-5-17-10(2)9-18/h7-8,10,17H,4-6,9H2,1-3H3/t10-/m1/s1. The Labute approximate surface area is 130 Å². The van der Waals surface area contributed by atoms with E-state index in [1.165, 1.54) is 7.11 Å². The smallest absolute Gasteiger partial charge is 0.254 e. The second-order valence-electron chi connectivity index (χ2n) is 5.03. The van der Waals surface area contributed by atoms with Gasteiger partial charge in [0.05, 0.1) is 18.7 Å². The molecular weight excluding hydrogens is 292 g/mol. The molecule has 0 saturated carbocycles. The first-order chi connectivity index (χ1) is 10.1. The fourth-order valence-corrected chi connectivity index (χ4v) is 2.69. The minimum absolute atomic E-state index is 0.0356.